The van der Waals surface area contributed by atoms with Gasteiger partial charge in [-0.2, -0.15) is 0 Å². The number of rotatable bonds is 5. The van der Waals surface area contributed by atoms with Gasteiger partial charge in [0.05, 0.1) is 0 Å². The molecule has 2 rings (SSSR count). The van der Waals surface area contributed by atoms with Gasteiger partial charge in [0.25, 0.3) is 0 Å². The molecule has 0 radical (unpaired) electrons. The SMILES string of the molecule is CCCCc1ccc(C(C)(C)c2ccc(N)cc2)cc1. The van der Waals surface area contributed by atoms with Crippen molar-refractivity contribution in [2.45, 2.75) is 45.4 Å². The van der Waals surface area contributed by atoms with Crippen LogP contribution in [0.3, 0.4) is 0 Å². The van der Waals surface area contributed by atoms with Crippen molar-refractivity contribution in [2.24, 2.45) is 0 Å². The standard InChI is InChI=1S/C19H25N/c1-4-5-6-15-7-9-16(10-8-15)19(2,3)17-11-13-18(20)14-12-17/h7-14H,4-6,20H2,1-3H3. The zero-order valence-corrected chi connectivity index (χ0v) is 12.8. The summed E-state index contributed by atoms with van der Waals surface area (Å²) in [6.07, 6.45) is 3.69. The summed E-state index contributed by atoms with van der Waals surface area (Å²) in [5, 5.41) is 0. The molecule has 2 aromatic carbocycles. The summed E-state index contributed by atoms with van der Waals surface area (Å²) in [5.41, 5.74) is 10.7. The average Bonchev–Trinajstić information content (AvgIpc) is 2.46. The number of unbranched alkanes of at least 4 members (excludes halogenated alkanes) is 1. The molecule has 0 aliphatic carbocycles. The smallest absolute Gasteiger partial charge is 0.0314 e. The highest BCUT2D eigenvalue weighted by Crippen LogP contribution is 2.32. The molecule has 0 unspecified atom stereocenters. The third-order valence-corrected chi connectivity index (χ3v) is 4.13. The summed E-state index contributed by atoms with van der Waals surface area (Å²) in [6.45, 7) is 6.76. The molecule has 0 spiro atoms. The molecule has 20 heavy (non-hydrogen) atoms. The number of nitrogens with two attached hydrogens (primary N) is 1. The molecule has 0 fully saturated rings. The molecule has 0 heterocycles. The summed E-state index contributed by atoms with van der Waals surface area (Å²) in [5.74, 6) is 0. The lowest BCUT2D eigenvalue weighted by atomic mass is 9.78. The first-order valence-corrected chi connectivity index (χ1v) is 7.49. The van der Waals surface area contributed by atoms with Gasteiger partial charge in [0, 0.05) is 11.1 Å². The maximum absolute atomic E-state index is 5.77. The predicted molar refractivity (Wildman–Crippen MR) is 88.0 cm³/mol. The molecule has 0 aliphatic rings. The molecule has 106 valence electrons. The maximum Gasteiger partial charge on any atom is 0.0314 e. The second-order valence-corrected chi connectivity index (χ2v) is 6.05. The molecule has 0 aliphatic heterocycles. The summed E-state index contributed by atoms with van der Waals surface area (Å²) in [4.78, 5) is 0. The lowest BCUT2D eigenvalue weighted by Crippen LogP contribution is -2.18. The molecule has 1 nitrogen and oxygen atoms in total. The van der Waals surface area contributed by atoms with Crippen LogP contribution in [0.5, 0.6) is 0 Å². The number of aryl methyl sites for hydroxylation is 1. The Morgan fingerprint density at radius 2 is 1.35 bits per heavy atom. The number of anilines is 1. The van der Waals surface area contributed by atoms with Crippen molar-refractivity contribution in [1.29, 1.82) is 0 Å². The Morgan fingerprint density at radius 1 is 0.850 bits per heavy atom. The van der Waals surface area contributed by atoms with E-state index in [4.69, 9.17) is 5.73 Å². The van der Waals surface area contributed by atoms with E-state index < -0.39 is 0 Å². The first-order chi connectivity index (χ1) is 9.54. The van der Waals surface area contributed by atoms with Gasteiger partial charge in [-0.3, -0.25) is 0 Å². The normalized spacial score (nSPS) is 11.6. The minimum Gasteiger partial charge on any atom is -0.399 e. The fourth-order valence-electron chi connectivity index (χ4n) is 2.54. The van der Waals surface area contributed by atoms with Crippen molar-refractivity contribution in [2.75, 3.05) is 5.73 Å². The highest BCUT2D eigenvalue weighted by Gasteiger charge is 2.22. The van der Waals surface area contributed by atoms with Gasteiger partial charge in [0.1, 0.15) is 0 Å². The van der Waals surface area contributed by atoms with Gasteiger partial charge < -0.3 is 5.73 Å². The van der Waals surface area contributed by atoms with Gasteiger partial charge in [0.2, 0.25) is 0 Å². The predicted octanol–water partition coefficient (Wildman–Crippen LogP) is 4.94. The zero-order chi connectivity index (χ0) is 14.6. The molecule has 0 amide bonds. The van der Waals surface area contributed by atoms with Gasteiger partial charge in [-0.15, -0.1) is 0 Å². The first kappa shape index (κ1) is 14.6. The summed E-state index contributed by atoms with van der Waals surface area (Å²) in [7, 11) is 0. The molecular weight excluding hydrogens is 242 g/mol. The fraction of sp³-hybridized carbons (Fsp3) is 0.368. The van der Waals surface area contributed by atoms with Crippen LogP contribution in [0.15, 0.2) is 48.5 Å². The molecule has 0 aromatic heterocycles. The summed E-state index contributed by atoms with van der Waals surface area (Å²) >= 11 is 0. The number of benzene rings is 2. The zero-order valence-electron chi connectivity index (χ0n) is 12.8. The minimum atomic E-state index is 0.0109. The van der Waals surface area contributed by atoms with Crippen LogP contribution < -0.4 is 5.73 Å². The van der Waals surface area contributed by atoms with E-state index in [0.29, 0.717) is 0 Å². The van der Waals surface area contributed by atoms with E-state index in [1.54, 1.807) is 0 Å². The minimum absolute atomic E-state index is 0.0109. The van der Waals surface area contributed by atoms with E-state index in [1.165, 1.54) is 36.0 Å². The molecule has 1 heteroatoms. The highest BCUT2D eigenvalue weighted by molar-refractivity contribution is 5.45. The van der Waals surface area contributed by atoms with Crippen molar-refractivity contribution < 1.29 is 0 Å². The van der Waals surface area contributed by atoms with E-state index in [0.717, 1.165) is 5.69 Å². The van der Waals surface area contributed by atoms with E-state index >= 15 is 0 Å². The Morgan fingerprint density at radius 3 is 1.85 bits per heavy atom. The van der Waals surface area contributed by atoms with Crippen molar-refractivity contribution in [3.8, 4) is 0 Å². The quantitative estimate of drug-likeness (QED) is 0.763. The first-order valence-electron chi connectivity index (χ1n) is 7.49. The van der Waals surface area contributed by atoms with Crippen LogP contribution in [0.25, 0.3) is 0 Å². The largest absolute Gasteiger partial charge is 0.399 e. The van der Waals surface area contributed by atoms with Crippen LogP contribution in [0.4, 0.5) is 5.69 Å². The molecule has 0 atom stereocenters. The van der Waals surface area contributed by atoms with Crippen molar-refractivity contribution >= 4 is 5.69 Å². The van der Waals surface area contributed by atoms with Crippen molar-refractivity contribution in [1.82, 2.24) is 0 Å². The van der Waals surface area contributed by atoms with Crippen LogP contribution >= 0.6 is 0 Å². The van der Waals surface area contributed by atoms with Crippen LogP contribution in [-0.4, -0.2) is 0 Å². The molecule has 0 bridgehead atoms. The second kappa shape index (κ2) is 6.13. The van der Waals surface area contributed by atoms with E-state index in [9.17, 15) is 0 Å². The lowest BCUT2D eigenvalue weighted by Gasteiger charge is -2.26. The van der Waals surface area contributed by atoms with E-state index in [1.807, 2.05) is 12.1 Å². The number of hydrogen-bond donors (Lipinski definition) is 1. The molecule has 0 saturated carbocycles. The van der Waals surface area contributed by atoms with E-state index in [-0.39, 0.29) is 5.41 Å². The van der Waals surface area contributed by atoms with Crippen LogP contribution in [0, 0.1) is 0 Å². The average molecular weight is 267 g/mol. The van der Waals surface area contributed by atoms with Gasteiger partial charge in [-0.1, -0.05) is 63.6 Å². The van der Waals surface area contributed by atoms with E-state index in [2.05, 4.69) is 57.2 Å². The Balaban J connectivity index is 2.22. The second-order valence-electron chi connectivity index (χ2n) is 6.05. The Hall–Kier alpha value is -1.76. The van der Waals surface area contributed by atoms with Crippen molar-refractivity contribution in [3.05, 3.63) is 65.2 Å². The van der Waals surface area contributed by atoms with Gasteiger partial charge >= 0.3 is 0 Å². The number of nitrogen functional groups attached to an aromatic ring is 1. The van der Waals surface area contributed by atoms with Crippen molar-refractivity contribution in [3.63, 3.8) is 0 Å². The lowest BCUT2D eigenvalue weighted by molar-refractivity contribution is 0.640. The molecule has 2 N–H and O–H groups in total. The van der Waals surface area contributed by atoms with Gasteiger partial charge in [-0.25, -0.2) is 0 Å². The van der Waals surface area contributed by atoms with Gasteiger partial charge in [0.15, 0.2) is 0 Å². The third-order valence-electron chi connectivity index (χ3n) is 4.13. The fourth-order valence-corrected chi connectivity index (χ4v) is 2.54. The Kier molecular flexibility index (Phi) is 4.49. The van der Waals surface area contributed by atoms with Crippen LogP contribution in [0.2, 0.25) is 0 Å². The summed E-state index contributed by atoms with van der Waals surface area (Å²) in [6, 6.07) is 17.3. The molecular formula is C19H25N. The Bertz CT molecular complexity index is 535. The Labute approximate surface area is 122 Å². The van der Waals surface area contributed by atoms with Gasteiger partial charge in [-0.05, 0) is 41.7 Å². The monoisotopic (exact) mass is 267 g/mol. The summed E-state index contributed by atoms with van der Waals surface area (Å²) < 4.78 is 0. The molecule has 2 aromatic rings. The number of hydrogen-bond acceptors (Lipinski definition) is 1. The molecule has 0 saturated heterocycles. The van der Waals surface area contributed by atoms with Crippen LogP contribution in [0.1, 0.15) is 50.3 Å². The third kappa shape index (κ3) is 3.22. The highest BCUT2D eigenvalue weighted by atomic mass is 14.5. The van der Waals surface area contributed by atoms with Crippen LogP contribution in [-0.2, 0) is 11.8 Å². The maximum atomic E-state index is 5.77. The topological polar surface area (TPSA) is 26.0 Å².